The van der Waals surface area contributed by atoms with Crippen LogP contribution in [-0.2, 0) is 0 Å². The molecule has 1 saturated heterocycles. The van der Waals surface area contributed by atoms with Crippen LogP contribution in [0.4, 0.5) is 4.39 Å². The Kier molecular flexibility index (Phi) is 2.54. The van der Waals surface area contributed by atoms with Gasteiger partial charge in [-0.05, 0) is 12.1 Å². The van der Waals surface area contributed by atoms with E-state index < -0.39 is 0 Å². The molecular formula is C10H12FNO2. The van der Waals surface area contributed by atoms with Crippen LogP contribution >= 0.6 is 0 Å². The van der Waals surface area contributed by atoms with Gasteiger partial charge in [-0.15, -0.1) is 0 Å². The molecule has 1 aromatic rings. The lowest BCUT2D eigenvalue weighted by atomic mass is 10.2. The number of halogens is 1. The lowest BCUT2D eigenvalue weighted by Gasteiger charge is -2.28. The van der Waals surface area contributed by atoms with Crippen molar-refractivity contribution in [1.29, 1.82) is 0 Å². The third-order valence-corrected chi connectivity index (χ3v) is 2.18. The van der Waals surface area contributed by atoms with Gasteiger partial charge in [-0.3, -0.25) is 0 Å². The Balaban J connectivity index is 2.13. The van der Waals surface area contributed by atoms with Crippen molar-refractivity contribution < 1.29 is 13.9 Å². The average molecular weight is 197 g/mol. The molecule has 1 aliphatic rings. The Morgan fingerprint density at radius 1 is 1.43 bits per heavy atom. The van der Waals surface area contributed by atoms with Crippen molar-refractivity contribution in [3.63, 3.8) is 0 Å². The van der Waals surface area contributed by atoms with E-state index in [1.165, 1.54) is 6.07 Å². The Morgan fingerprint density at radius 3 is 2.79 bits per heavy atom. The van der Waals surface area contributed by atoms with Crippen LogP contribution in [0.25, 0.3) is 0 Å². The van der Waals surface area contributed by atoms with Crippen molar-refractivity contribution in [2.24, 2.45) is 0 Å². The van der Waals surface area contributed by atoms with Gasteiger partial charge in [-0.25, -0.2) is 4.39 Å². The van der Waals surface area contributed by atoms with Gasteiger partial charge in [0.15, 0.2) is 11.6 Å². The van der Waals surface area contributed by atoms with E-state index >= 15 is 0 Å². The summed E-state index contributed by atoms with van der Waals surface area (Å²) in [5.74, 6) is 0.516. The third kappa shape index (κ3) is 1.80. The molecule has 1 aromatic carbocycles. The summed E-state index contributed by atoms with van der Waals surface area (Å²) in [6, 6.07) is 4.48. The summed E-state index contributed by atoms with van der Waals surface area (Å²) in [5.41, 5.74) is 0. The number of benzene rings is 1. The molecule has 0 spiro atoms. The SMILES string of the molecule is COc1ccc(F)c(OC2CNC2)c1. The zero-order valence-corrected chi connectivity index (χ0v) is 7.92. The average Bonchev–Trinajstić information content (AvgIpc) is 2.14. The van der Waals surface area contributed by atoms with E-state index in [-0.39, 0.29) is 17.7 Å². The van der Waals surface area contributed by atoms with Crippen LogP contribution in [0.3, 0.4) is 0 Å². The van der Waals surface area contributed by atoms with Crippen molar-refractivity contribution in [2.75, 3.05) is 20.2 Å². The Hall–Kier alpha value is -1.29. The second-order valence-electron chi connectivity index (χ2n) is 3.19. The molecule has 3 nitrogen and oxygen atoms in total. The standard InChI is InChI=1S/C10H12FNO2/c1-13-7-2-3-9(11)10(4-7)14-8-5-12-6-8/h2-4,8,12H,5-6H2,1H3. The highest BCUT2D eigenvalue weighted by atomic mass is 19.1. The minimum Gasteiger partial charge on any atom is -0.497 e. The van der Waals surface area contributed by atoms with E-state index in [9.17, 15) is 4.39 Å². The maximum Gasteiger partial charge on any atom is 0.165 e. The maximum atomic E-state index is 13.2. The molecular weight excluding hydrogens is 185 g/mol. The summed E-state index contributed by atoms with van der Waals surface area (Å²) in [7, 11) is 1.54. The van der Waals surface area contributed by atoms with Gasteiger partial charge in [0.1, 0.15) is 11.9 Å². The molecule has 1 heterocycles. The largest absolute Gasteiger partial charge is 0.497 e. The first-order chi connectivity index (χ1) is 6.79. The van der Waals surface area contributed by atoms with E-state index in [1.54, 1.807) is 19.2 Å². The molecule has 0 saturated carbocycles. The zero-order chi connectivity index (χ0) is 9.97. The van der Waals surface area contributed by atoms with Crippen molar-refractivity contribution in [3.05, 3.63) is 24.0 Å². The number of nitrogens with one attached hydrogen (secondary N) is 1. The van der Waals surface area contributed by atoms with Gasteiger partial charge in [0, 0.05) is 19.2 Å². The summed E-state index contributed by atoms with van der Waals surface area (Å²) < 4.78 is 23.6. The molecule has 0 amide bonds. The Morgan fingerprint density at radius 2 is 2.21 bits per heavy atom. The topological polar surface area (TPSA) is 30.5 Å². The molecule has 0 aromatic heterocycles. The van der Waals surface area contributed by atoms with E-state index in [1.807, 2.05) is 0 Å². The van der Waals surface area contributed by atoms with Crippen LogP contribution in [-0.4, -0.2) is 26.3 Å². The summed E-state index contributed by atoms with van der Waals surface area (Å²) in [5, 5.41) is 3.05. The summed E-state index contributed by atoms with van der Waals surface area (Å²) in [6.45, 7) is 1.55. The zero-order valence-electron chi connectivity index (χ0n) is 7.92. The number of rotatable bonds is 3. The lowest BCUT2D eigenvalue weighted by Crippen LogP contribution is -2.50. The molecule has 0 bridgehead atoms. The fraction of sp³-hybridized carbons (Fsp3) is 0.400. The van der Waals surface area contributed by atoms with Crippen LogP contribution in [0.15, 0.2) is 18.2 Å². The van der Waals surface area contributed by atoms with Gasteiger partial charge >= 0.3 is 0 Å². The smallest absolute Gasteiger partial charge is 0.165 e. The normalized spacial score (nSPS) is 16.1. The number of hydrogen-bond donors (Lipinski definition) is 1. The number of hydrogen-bond acceptors (Lipinski definition) is 3. The van der Waals surface area contributed by atoms with Gasteiger partial charge in [0.25, 0.3) is 0 Å². The fourth-order valence-corrected chi connectivity index (χ4v) is 1.23. The maximum absolute atomic E-state index is 13.2. The highest BCUT2D eigenvalue weighted by Gasteiger charge is 2.20. The van der Waals surface area contributed by atoms with Gasteiger partial charge in [0.2, 0.25) is 0 Å². The van der Waals surface area contributed by atoms with Crippen LogP contribution in [0.2, 0.25) is 0 Å². The first-order valence-electron chi connectivity index (χ1n) is 4.50. The van der Waals surface area contributed by atoms with Gasteiger partial charge in [-0.1, -0.05) is 0 Å². The highest BCUT2D eigenvalue weighted by Crippen LogP contribution is 2.24. The van der Waals surface area contributed by atoms with Crippen molar-refractivity contribution in [3.8, 4) is 11.5 Å². The van der Waals surface area contributed by atoms with E-state index in [2.05, 4.69) is 5.32 Å². The van der Waals surface area contributed by atoms with E-state index in [4.69, 9.17) is 9.47 Å². The van der Waals surface area contributed by atoms with Crippen molar-refractivity contribution >= 4 is 0 Å². The molecule has 0 radical (unpaired) electrons. The predicted molar refractivity (Wildman–Crippen MR) is 50.2 cm³/mol. The monoisotopic (exact) mass is 197 g/mol. The number of ether oxygens (including phenoxy) is 2. The minimum absolute atomic E-state index is 0.0802. The summed E-state index contributed by atoms with van der Waals surface area (Å²) >= 11 is 0. The molecule has 2 rings (SSSR count). The number of methoxy groups -OCH3 is 1. The second kappa shape index (κ2) is 3.84. The lowest BCUT2D eigenvalue weighted by molar-refractivity contribution is 0.136. The van der Waals surface area contributed by atoms with E-state index in [0.717, 1.165) is 13.1 Å². The first-order valence-corrected chi connectivity index (χ1v) is 4.50. The van der Waals surface area contributed by atoms with E-state index in [0.29, 0.717) is 5.75 Å². The van der Waals surface area contributed by atoms with Gasteiger partial charge in [0.05, 0.1) is 7.11 Å². The Bertz CT molecular complexity index is 326. The molecule has 0 atom stereocenters. The van der Waals surface area contributed by atoms with Gasteiger partial charge in [-0.2, -0.15) is 0 Å². The van der Waals surface area contributed by atoms with Crippen molar-refractivity contribution in [2.45, 2.75) is 6.10 Å². The summed E-state index contributed by atoms with van der Waals surface area (Å²) in [4.78, 5) is 0. The van der Waals surface area contributed by atoms with Crippen LogP contribution < -0.4 is 14.8 Å². The quantitative estimate of drug-likeness (QED) is 0.789. The molecule has 0 unspecified atom stereocenters. The molecule has 14 heavy (non-hydrogen) atoms. The predicted octanol–water partition coefficient (Wildman–Crippen LogP) is 1.18. The van der Waals surface area contributed by atoms with Crippen molar-refractivity contribution in [1.82, 2.24) is 5.32 Å². The van der Waals surface area contributed by atoms with Crippen LogP contribution in [0.1, 0.15) is 0 Å². The Labute approximate surface area is 81.8 Å². The minimum atomic E-state index is -0.349. The molecule has 1 aliphatic heterocycles. The fourth-order valence-electron chi connectivity index (χ4n) is 1.23. The highest BCUT2D eigenvalue weighted by molar-refractivity contribution is 5.34. The second-order valence-corrected chi connectivity index (χ2v) is 3.19. The molecule has 4 heteroatoms. The van der Waals surface area contributed by atoms with Crippen LogP contribution in [0.5, 0.6) is 11.5 Å². The molecule has 1 N–H and O–H groups in total. The first kappa shape index (κ1) is 9.27. The van der Waals surface area contributed by atoms with Gasteiger partial charge < -0.3 is 14.8 Å². The third-order valence-electron chi connectivity index (χ3n) is 2.18. The molecule has 1 fully saturated rings. The summed E-state index contributed by atoms with van der Waals surface area (Å²) in [6.07, 6.45) is 0.0802. The molecule has 76 valence electrons. The van der Waals surface area contributed by atoms with Crippen LogP contribution in [0, 0.1) is 5.82 Å². The molecule has 0 aliphatic carbocycles.